The number of ether oxygens (including phenoxy) is 1. The topological polar surface area (TPSA) is 47.0 Å². The van der Waals surface area contributed by atoms with Crippen LogP contribution in [0.15, 0.2) is 67.1 Å². The monoisotopic (exact) mass is 335 g/mol. The van der Waals surface area contributed by atoms with Gasteiger partial charge in [-0.3, -0.25) is 15.3 Å². The first-order valence-electron chi connectivity index (χ1n) is 8.30. The van der Waals surface area contributed by atoms with E-state index in [0.29, 0.717) is 6.61 Å². The smallest absolute Gasteiger partial charge is 0.124 e. The lowest BCUT2D eigenvalue weighted by Gasteiger charge is -2.30. The average molecular weight is 335 g/mol. The minimum Gasteiger partial charge on any atom is -0.493 e. The summed E-state index contributed by atoms with van der Waals surface area (Å²) >= 11 is 0. The van der Waals surface area contributed by atoms with Gasteiger partial charge in [-0.2, -0.15) is 0 Å². The lowest BCUT2D eigenvalue weighted by molar-refractivity contribution is 0.247. The van der Waals surface area contributed by atoms with E-state index in [0.717, 1.165) is 29.0 Å². The molecule has 4 nitrogen and oxygen atoms in total. The Kier molecular flexibility index (Phi) is 4.39. The van der Waals surface area contributed by atoms with Gasteiger partial charge < -0.3 is 4.74 Å². The van der Waals surface area contributed by atoms with Crippen LogP contribution >= 0.6 is 0 Å². The number of para-hydroxylation sites is 1. The average Bonchev–Trinajstić information content (AvgIpc) is 2.68. The number of halogens is 1. The molecule has 2 aromatic carbocycles. The van der Waals surface area contributed by atoms with Crippen molar-refractivity contribution in [1.82, 2.24) is 15.3 Å². The van der Waals surface area contributed by atoms with Gasteiger partial charge in [-0.25, -0.2) is 4.39 Å². The minimum atomic E-state index is -0.252. The van der Waals surface area contributed by atoms with Crippen molar-refractivity contribution in [3.63, 3.8) is 0 Å². The highest BCUT2D eigenvalue weighted by Gasteiger charge is 2.26. The van der Waals surface area contributed by atoms with Crippen molar-refractivity contribution in [2.24, 2.45) is 0 Å². The summed E-state index contributed by atoms with van der Waals surface area (Å²) in [5.74, 6) is 0.654. The predicted octanol–water partition coefficient (Wildman–Crippen LogP) is 3.82. The molecule has 1 aliphatic rings. The first kappa shape index (κ1) is 15.7. The maximum Gasteiger partial charge on any atom is 0.124 e. The molecule has 1 N–H and O–H groups in total. The van der Waals surface area contributed by atoms with Gasteiger partial charge in [0, 0.05) is 30.4 Å². The van der Waals surface area contributed by atoms with Crippen LogP contribution in [0.4, 0.5) is 4.39 Å². The van der Waals surface area contributed by atoms with Crippen molar-refractivity contribution in [3.05, 3.63) is 89.8 Å². The first-order chi connectivity index (χ1) is 12.3. The summed E-state index contributed by atoms with van der Waals surface area (Å²) in [5, 5.41) is 3.66. The molecule has 0 aliphatic carbocycles. The molecule has 0 radical (unpaired) electrons. The Morgan fingerprint density at radius 2 is 1.92 bits per heavy atom. The molecular formula is C20H18FN3O. The third kappa shape index (κ3) is 3.37. The highest BCUT2D eigenvalue weighted by molar-refractivity contribution is 5.38. The number of aromatic nitrogens is 2. The van der Waals surface area contributed by atoms with Crippen LogP contribution in [0, 0.1) is 5.82 Å². The van der Waals surface area contributed by atoms with Gasteiger partial charge in [-0.05, 0) is 23.8 Å². The van der Waals surface area contributed by atoms with E-state index in [1.54, 1.807) is 30.7 Å². The second kappa shape index (κ2) is 6.99. The Morgan fingerprint density at radius 3 is 2.72 bits per heavy atom. The molecule has 5 heteroatoms. The first-order valence-corrected chi connectivity index (χ1v) is 8.30. The van der Waals surface area contributed by atoms with Gasteiger partial charge >= 0.3 is 0 Å². The van der Waals surface area contributed by atoms with Crippen molar-refractivity contribution in [1.29, 1.82) is 0 Å². The van der Waals surface area contributed by atoms with E-state index in [-0.39, 0.29) is 17.9 Å². The maximum atomic E-state index is 13.3. The van der Waals surface area contributed by atoms with Gasteiger partial charge in [-0.15, -0.1) is 0 Å². The third-order valence-corrected chi connectivity index (χ3v) is 4.41. The molecule has 0 spiro atoms. The van der Waals surface area contributed by atoms with Gasteiger partial charge in [-0.1, -0.05) is 30.3 Å². The van der Waals surface area contributed by atoms with Gasteiger partial charge in [0.1, 0.15) is 11.6 Å². The number of hydrogen-bond donors (Lipinski definition) is 1. The SMILES string of the molecule is Fc1ccc([C@@H](N[C@H]2CCOc3ccccc32)c2cnccn2)cc1. The minimum absolute atomic E-state index is 0.127. The van der Waals surface area contributed by atoms with Crippen molar-refractivity contribution in [3.8, 4) is 5.75 Å². The number of nitrogens with zero attached hydrogens (tertiary/aromatic N) is 2. The van der Waals surface area contributed by atoms with Crippen molar-refractivity contribution in [2.75, 3.05) is 6.61 Å². The number of fused-ring (bicyclic) bond motifs is 1. The molecule has 2 heterocycles. The summed E-state index contributed by atoms with van der Waals surface area (Å²) in [7, 11) is 0. The highest BCUT2D eigenvalue weighted by atomic mass is 19.1. The lowest BCUT2D eigenvalue weighted by Crippen LogP contribution is -2.31. The lowest BCUT2D eigenvalue weighted by atomic mass is 9.96. The molecule has 1 aromatic heterocycles. The standard InChI is InChI=1S/C20H18FN3O/c21-15-7-5-14(6-8-15)20(18-13-22-10-11-23-18)24-17-9-12-25-19-4-2-1-3-16(17)19/h1-8,10-11,13,17,20,24H,9,12H2/t17-,20+/m0/s1. The van der Waals surface area contributed by atoms with Crippen molar-refractivity contribution >= 4 is 0 Å². The molecule has 0 saturated carbocycles. The van der Waals surface area contributed by atoms with Crippen LogP contribution < -0.4 is 10.1 Å². The molecule has 0 bridgehead atoms. The van der Waals surface area contributed by atoms with Crippen LogP contribution in [-0.4, -0.2) is 16.6 Å². The van der Waals surface area contributed by atoms with Crippen LogP contribution in [0.25, 0.3) is 0 Å². The van der Waals surface area contributed by atoms with Gasteiger partial charge in [0.25, 0.3) is 0 Å². The van der Waals surface area contributed by atoms with Crippen LogP contribution in [0.5, 0.6) is 5.75 Å². The fourth-order valence-corrected chi connectivity index (χ4v) is 3.18. The normalized spacial score (nSPS) is 17.4. The summed E-state index contributed by atoms with van der Waals surface area (Å²) in [6, 6.07) is 14.5. The Balaban J connectivity index is 1.69. The zero-order valence-electron chi connectivity index (χ0n) is 13.6. The molecule has 4 rings (SSSR count). The Labute approximate surface area is 145 Å². The molecule has 2 atom stereocenters. The number of rotatable bonds is 4. The van der Waals surface area contributed by atoms with Crippen molar-refractivity contribution in [2.45, 2.75) is 18.5 Å². The second-order valence-corrected chi connectivity index (χ2v) is 6.01. The largest absolute Gasteiger partial charge is 0.493 e. The predicted molar refractivity (Wildman–Crippen MR) is 92.7 cm³/mol. The molecule has 126 valence electrons. The Morgan fingerprint density at radius 1 is 1.08 bits per heavy atom. The van der Waals surface area contributed by atoms with Gasteiger partial charge in [0.05, 0.1) is 24.5 Å². The van der Waals surface area contributed by atoms with Crippen LogP contribution in [-0.2, 0) is 0 Å². The van der Waals surface area contributed by atoms with E-state index in [1.807, 2.05) is 18.2 Å². The molecular weight excluding hydrogens is 317 g/mol. The summed E-state index contributed by atoms with van der Waals surface area (Å²) in [6.45, 7) is 0.658. The van der Waals surface area contributed by atoms with E-state index >= 15 is 0 Å². The molecule has 0 unspecified atom stereocenters. The van der Waals surface area contributed by atoms with E-state index in [2.05, 4.69) is 21.4 Å². The molecule has 0 amide bonds. The van der Waals surface area contributed by atoms with Crippen LogP contribution in [0.3, 0.4) is 0 Å². The van der Waals surface area contributed by atoms with Crippen molar-refractivity contribution < 1.29 is 9.13 Å². The molecule has 25 heavy (non-hydrogen) atoms. The maximum absolute atomic E-state index is 13.3. The summed E-state index contributed by atoms with van der Waals surface area (Å²) < 4.78 is 19.1. The van der Waals surface area contributed by atoms with E-state index in [4.69, 9.17) is 4.74 Å². The van der Waals surface area contributed by atoms with Gasteiger partial charge in [0.2, 0.25) is 0 Å². The Hall–Kier alpha value is -2.79. The second-order valence-electron chi connectivity index (χ2n) is 6.01. The zero-order valence-corrected chi connectivity index (χ0v) is 13.6. The van der Waals surface area contributed by atoms with E-state index in [1.165, 1.54) is 12.1 Å². The number of benzene rings is 2. The van der Waals surface area contributed by atoms with Crippen LogP contribution in [0.1, 0.15) is 35.3 Å². The third-order valence-electron chi connectivity index (χ3n) is 4.41. The Bertz CT molecular complexity index is 839. The number of hydrogen-bond acceptors (Lipinski definition) is 4. The summed E-state index contributed by atoms with van der Waals surface area (Å²) in [4.78, 5) is 8.63. The van der Waals surface area contributed by atoms with E-state index in [9.17, 15) is 4.39 Å². The molecule has 0 fully saturated rings. The van der Waals surface area contributed by atoms with Gasteiger partial charge in [0.15, 0.2) is 0 Å². The molecule has 0 saturated heterocycles. The highest BCUT2D eigenvalue weighted by Crippen LogP contribution is 2.34. The number of nitrogens with one attached hydrogen (secondary N) is 1. The fraction of sp³-hybridized carbons (Fsp3) is 0.200. The quantitative estimate of drug-likeness (QED) is 0.787. The van der Waals surface area contributed by atoms with Crippen LogP contribution in [0.2, 0.25) is 0 Å². The summed E-state index contributed by atoms with van der Waals surface area (Å²) in [6.07, 6.45) is 5.92. The zero-order chi connectivity index (χ0) is 17.1. The molecule has 1 aliphatic heterocycles. The summed E-state index contributed by atoms with van der Waals surface area (Å²) in [5.41, 5.74) is 2.88. The van der Waals surface area contributed by atoms with E-state index < -0.39 is 0 Å². The molecule has 3 aromatic rings. The fourth-order valence-electron chi connectivity index (χ4n) is 3.18.